The van der Waals surface area contributed by atoms with Crippen LogP contribution in [0.4, 0.5) is 0 Å². The van der Waals surface area contributed by atoms with Crippen molar-refractivity contribution in [2.75, 3.05) is 13.7 Å². The van der Waals surface area contributed by atoms with E-state index in [2.05, 4.69) is 13.0 Å². The van der Waals surface area contributed by atoms with Crippen LogP contribution < -0.4 is 4.74 Å². The van der Waals surface area contributed by atoms with Crippen molar-refractivity contribution in [3.05, 3.63) is 65.2 Å². The van der Waals surface area contributed by atoms with E-state index in [0.717, 1.165) is 23.3 Å². The Hall–Kier alpha value is -2.80. The number of nitriles is 1. The molecular formula is C19H20N2O2. The summed E-state index contributed by atoms with van der Waals surface area (Å²) in [5.74, 6) is 0.654. The van der Waals surface area contributed by atoms with Gasteiger partial charge in [0.25, 0.3) is 5.91 Å². The number of likely N-dealkylation sites (N-methyl/N-ethyl adjacent to an activating group) is 1. The standard InChI is InChI=1S/C19H20N2O2/c1-3-17-9-4-5-10-18(17)23-14-19(22)21(2)13-16-8-6-7-15(11-16)12-20/h4-11H,3,13-14H2,1-2H3. The Kier molecular flexibility index (Phi) is 5.76. The minimum Gasteiger partial charge on any atom is -0.483 e. The van der Waals surface area contributed by atoms with Gasteiger partial charge >= 0.3 is 0 Å². The van der Waals surface area contributed by atoms with Crippen molar-refractivity contribution in [3.63, 3.8) is 0 Å². The number of carbonyl (C=O) groups excluding carboxylic acids is 1. The number of ether oxygens (including phenoxy) is 1. The summed E-state index contributed by atoms with van der Waals surface area (Å²) in [5, 5.41) is 8.91. The number of hydrogen-bond acceptors (Lipinski definition) is 3. The molecule has 1 amide bonds. The molecule has 118 valence electrons. The van der Waals surface area contributed by atoms with E-state index in [1.165, 1.54) is 0 Å². The molecule has 4 nitrogen and oxygen atoms in total. The molecule has 2 rings (SSSR count). The van der Waals surface area contributed by atoms with Gasteiger partial charge in [-0.1, -0.05) is 37.3 Å². The molecule has 0 fully saturated rings. The number of nitrogens with zero attached hydrogens (tertiary/aromatic N) is 2. The van der Waals surface area contributed by atoms with Crippen LogP contribution in [0.3, 0.4) is 0 Å². The molecule has 0 spiro atoms. The highest BCUT2D eigenvalue weighted by atomic mass is 16.5. The second-order valence-electron chi connectivity index (χ2n) is 5.31. The zero-order chi connectivity index (χ0) is 16.7. The van der Waals surface area contributed by atoms with Crippen LogP contribution in [-0.2, 0) is 17.8 Å². The smallest absolute Gasteiger partial charge is 0.260 e. The largest absolute Gasteiger partial charge is 0.483 e. The lowest BCUT2D eigenvalue weighted by molar-refractivity contribution is -0.132. The van der Waals surface area contributed by atoms with Crippen LogP contribution in [-0.4, -0.2) is 24.5 Å². The summed E-state index contributed by atoms with van der Waals surface area (Å²) in [7, 11) is 1.73. The van der Waals surface area contributed by atoms with E-state index >= 15 is 0 Å². The molecule has 0 saturated carbocycles. The summed E-state index contributed by atoms with van der Waals surface area (Å²) >= 11 is 0. The third-order valence-corrected chi connectivity index (χ3v) is 3.61. The summed E-state index contributed by atoms with van der Waals surface area (Å²) in [5.41, 5.74) is 2.61. The van der Waals surface area contributed by atoms with E-state index in [4.69, 9.17) is 10.00 Å². The normalized spacial score (nSPS) is 9.96. The molecule has 0 unspecified atom stereocenters. The van der Waals surface area contributed by atoms with E-state index in [-0.39, 0.29) is 12.5 Å². The molecule has 0 bridgehead atoms. The number of amides is 1. The lowest BCUT2D eigenvalue weighted by Crippen LogP contribution is -2.31. The Bertz CT molecular complexity index is 719. The van der Waals surface area contributed by atoms with Crippen LogP contribution in [0.1, 0.15) is 23.6 Å². The maximum atomic E-state index is 12.2. The molecule has 2 aromatic carbocycles. The quantitative estimate of drug-likeness (QED) is 0.823. The number of rotatable bonds is 6. The first-order chi connectivity index (χ1) is 11.1. The first kappa shape index (κ1) is 16.6. The highest BCUT2D eigenvalue weighted by Crippen LogP contribution is 2.18. The van der Waals surface area contributed by atoms with Crippen LogP contribution in [0.5, 0.6) is 5.75 Å². The van der Waals surface area contributed by atoms with Gasteiger partial charge in [0.1, 0.15) is 5.75 Å². The number of aryl methyl sites for hydroxylation is 1. The molecule has 0 N–H and O–H groups in total. The number of para-hydroxylation sites is 1. The van der Waals surface area contributed by atoms with E-state index in [0.29, 0.717) is 12.1 Å². The van der Waals surface area contributed by atoms with Crippen molar-refractivity contribution in [2.45, 2.75) is 19.9 Å². The molecule has 0 aliphatic carbocycles. The fourth-order valence-electron chi connectivity index (χ4n) is 2.29. The average molecular weight is 308 g/mol. The van der Waals surface area contributed by atoms with Crippen LogP contribution in [0.15, 0.2) is 48.5 Å². The summed E-state index contributed by atoms with van der Waals surface area (Å²) < 4.78 is 5.65. The Labute approximate surface area is 136 Å². The topological polar surface area (TPSA) is 53.3 Å². The molecule has 2 aromatic rings. The summed E-state index contributed by atoms with van der Waals surface area (Å²) in [6.07, 6.45) is 0.862. The maximum Gasteiger partial charge on any atom is 0.260 e. The Morgan fingerprint density at radius 2 is 2.00 bits per heavy atom. The van der Waals surface area contributed by atoms with Crippen LogP contribution in [0, 0.1) is 11.3 Å². The van der Waals surface area contributed by atoms with Gasteiger partial charge in [-0.15, -0.1) is 0 Å². The highest BCUT2D eigenvalue weighted by Gasteiger charge is 2.11. The first-order valence-corrected chi connectivity index (χ1v) is 7.57. The molecule has 23 heavy (non-hydrogen) atoms. The Morgan fingerprint density at radius 1 is 1.22 bits per heavy atom. The van der Waals surface area contributed by atoms with E-state index in [1.54, 1.807) is 24.1 Å². The van der Waals surface area contributed by atoms with Crippen molar-refractivity contribution in [2.24, 2.45) is 0 Å². The lowest BCUT2D eigenvalue weighted by Gasteiger charge is -2.18. The van der Waals surface area contributed by atoms with Gasteiger partial charge in [-0.3, -0.25) is 4.79 Å². The zero-order valence-electron chi connectivity index (χ0n) is 13.5. The second kappa shape index (κ2) is 8.00. The second-order valence-corrected chi connectivity index (χ2v) is 5.31. The van der Waals surface area contributed by atoms with Crippen molar-refractivity contribution in [1.82, 2.24) is 4.90 Å². The first-order valence-electron chi connectivity index (χ1n) is 7.57. The third-order valence-electron chi connectivity index (χ3n) is 3.61. The minimum absolute atomic E-state index is 0.00541. The van der Waals surface area contributed by atoms with Crippen molar-refractivity contribution in [1.29, 1.82) is 5.26 Å². The SMILES string of the molecule is CCc1ccccc1OCC(=O)N(C)Cc1cccc(C#N)c1. The van der Waals surface area contributed by atoms with Crippen LogP contribution >= 0.6 is 0 Å². The number of hydrogen-bond donors (Lipinski definition) is 0. The molecule has 0 radical (unpaired) electrons. The molecular weight excluding hydrogens is 288 g/mol. The van der Waals surface area contributed by atoms with Crippen molar-refractivity contribution >= 4 is 5.91 Å². The zero-order valence-corrected chi connectivity index (χ0v) is 13.5. The lowest BCUT2D eigenvalue weighted by atomic mass is 10.1. The molecule has 4 heteroatoms. The molecule has 0 saturated heterocycles. The number of carbonyl (C=O) groups is 1. The monoisotopic (exact) mass is 308 g/mol. The van der Waals surface area contributed by atoms with Crippen LogP contribution in [0.2, 0.25) is 0 Å². The molecule has 0 atom stereocenters. The fraction of sp³-hybridized carbons (Fsp3) is 0.263. The third kappa shape index (κ3) is 4.58. The number of benzene rings is 2. The predicted octanol–water partition coefficient (Wildman–Crippen LogP) is 3.16. The predicted molar refractivity (Wildman–Crippen MR) is 88.9 cm³/mol. The van der Waals surface area contributed by atoms with Gasteiger partial charge in [-0.2, -0.15) is 5.26 Å². The van der Waals surface area contributed by atoms with Gasteiger partial charge in [0.15, 0.2) is 6.61 Å². The summed E-state index contributed by atoms with van der Waals surface area (Å²) in [6.45, 7) is 2.51. The van der Waals surface area contributed by atoms with Gasteiger partial charge in [-0.05, 0) is 35.7 Å². The minimum atomic E-state index is -0.0988. The van der Waals surface area contributed by atoms with Crippen molar-refractivity contribution in [3.8, 4) is 11.8 Å². The van der Waals surface area contributed by atoms with Gasteiger partial charge < -0.3 is 9.64 Å². The van der Waals surface area contributed by atoms with Gasteiger partial charge in [0, 0.05) is 13.6 Å². The van der Waals surface area contributed by atoms with Gasteiger partial charge in [0.05, 0.1) is 11.6 Å². The average Bonchev–Trinajstić information content (AvgIpc) is 2.59. The van der Waals surface area contributed by atoms with Gasteiger partial charge in [-0.25, -0.2) is 0 Å². The van der Waals surface area contributed by atoms with E-state index < -0.39 is 0 Å². The van der Waals surface area contributed by atoms with Crippen molar-refractivity contribution < 1.29 is 9.53 Å². The van der Waals surface area contributed by atoms with E-state index in [9.17, 15) is 4.79 Å². The molecule has 0 heterocycles. The van der Waals surface area contributed by atoms with Gasteiger partial charge in [0.2, 0.25) is 0 Å². The van der Waals surface area contributed by atoms with Crippen LogP contribution in [0.25, 0.3) is 0 Å². The summed E-state index contributed by atoms with van der Waals surface area (Å²) in [4.78, 5) is 13.8. The highest BCUT2D eigenvalue weighted by molar-refractivity contribution is 5.77. The molecule has 0 aromatic heterocycles. The molecule has 0 aliphatic heterocycles. The maximum absolute atomic E-state index is 12.2. The summed E-state index contributed by atoms with van der Waals surface area (Å²) in [6, 6.07) is 17.1. The Balaban J connectivity index is 1.93. The van der Waals surface area contributed by atoms with E-state index in [1.807, 2.05) is 36.4 Å². The Morgan fingerprint density at radius 3 is 2.74 bits per heavy atom. The fourth-order valence-corrected chi connectivity index (χ4v) is 2.29. The molecule has 0 aliphatic rings.